The largest absolute Gasteiger partial charge is 0.383 e. The fourth-order valence-electron chi connectivity index (χ4n) is 1.33. The zero-order chi connectivity index (χ0) is 11.1. The van der Waals surface area contributed by atoms with E-state index in [0.29, 0.717) is 13.2 Å². The van der Waals surface area contributed by atoms with Gasteiger partial charge in [-0.15, -0.1) is 0 Å². The van der Waals surface area contributed by atoms with Crippen molar-refractivity contribution >= 4 is 0 Å². The van der Waals surface area contributed by atoms with Gasteiger partial charge in [0.25, 0.3) is 6.43 Å². The van der Waals surface area contributed by atoms with Gasteiger partial charge >= 0.3 is 0 Å². The highest BCUT2D eigenvalue weighted by atomic mass is 19.3. The van der Waals surface area contributed by atoms with E-state index in [1.165, 1.54) is 0 Å². The summed E-state index contributed by atoms with van der Waals surface area (Å²) in [7, 11) is 1.63. The molecule has 0 amide bonds. The van der Waals surface area contributed by atoms with Crippen molar-refractivity contribution in [3.05, 3.63) is 24.0 Å². The number of halogens is 2. The second kappa shape index (κ2) is 6.53. The van der Waals surface area contributed by atoms with Gasteiger partial charge in [0.2, 0.25) is 0 Å². The Morgan fingerprint density at radius 3 is 3.00 bits per heavy atom. The summed E-state index contributed by atoms with van der Waals surface area (Å²) < 4.78 is 30.7. The molecule has 5 heteroatoms. The molecular weight excluding hydrogens is 202 g/mol. The highest BCUT2D eigenvalue weighted by Crippen LogP contribution is 2.05. The number of hydrogen-bond acceptors (Lipinski definition) is 2. The van der Waals surface area contributed by atoms with Gasteiger partial charge in [-0.2, -0.15) is 0 Å². The molecule has 0 aliphatic heterocycles. The fourth-order valence-corrected chi connectivity index (χ4v) is 1.33. The number of alkyl halides is 2. The first-order valence-electron chi connectivity index (χ1n) is 4.86. The van der Waals surface area contributed by atoms with E-state index in [2.05, 4.69) is 5.32 Å². The lowest BCUT2D eigenvalue weighted by molar-refractivity contribution is 0.125. The third-order valence-corrected chi connectivity index (χ3v) is 2.05. The lowest BCUT2D eigenvalue weighted by Crippen LogP contribution is -2.21. The molecule has 0 aliphatic carbocycles. The number of aromatic nitrogens is 1. The van der Waals surface area contributed by atoms with E-state index in [0.717, 1.165) is 12.2 Å². The second-order valence-electron chi connectivity index (χ2n) is 3.21. The number of hydrogen-bond donors (Lipinski definition) is 1. The Balaban J connectivity index is 2.36. The van der Waals surface area contributed by atoms with Crippen molar-refractivity contribution < 1.29 is 13.5 Å². The van der Waals surface area contributed by atoms with E-state index >= 15 is 0 Å². The number of nitrogens with zero attached hydrogens (tertiary/aromatic N) is 1. The Labute approximate surface area is 88.0 Å². The lowest BCUT2D eigenvalue weighted by Gasteiger charge is -2.09. The first-order valence-corrected chi connectivity index (χ1v) is 4.86. The summed E-state index contributed by atoms with van der Waals surface area (Å²) in [5, 5.41) is 3.11. The highest BCUT2D eigenvalue weighted by molar-refractivity contribution is 5.06. The number of ether oxygens (including phenoxy) is 1. The molecule has 86 valence electrons. The number of rotatable bonds is 7. The normalized spacial score (nSPS) is 11.2. The third kappa shape index (κ3) is 4.40. The van der Waals surface area contributed by atoms with Crippen molar-refractivity contribution in [1.29, 1.82) is 0 Å². The van der Waals surface area contributed by atoms with E-state index in [1.807, 2.05) is 6.07 Å². The summed E-state index contributed by atoms with van der Waals surface area (Å²) in [6.45, 7) is 1.68. The molecule has 0 aromatic carbocycles. The van der Waals surface area contributed by atoms with Gasteiger partial charge in [0.15, 0.2) is 0 Å². The lowest BCUT2D eigenvalue weighted by atomic mass is 10.4. The first kappa shape index (κ1) is 12.1. The van der Waals surface area contributed by atoms with Crippen molar-refractivity contribution in [2.75, 3.05) is 20.3 Å². The standard InChI is InChI=1S/C10H16F2N2O/c1-15-6-4-13-7-9-3-2-5-14(9)8-10(11)12/h2-3,5,10,13H,4,6-8H2,1H3. The molecule has 0 aliphatic rings. The van der Waals surface area contributed by atoms with E-state index in [4.69, 9.17) is 4.74 Å². The van der Waals surface area contributed by atoms with Crippen LogP contribution in [0, 0.1) is 0 Å². The van der Waals surface area contributed by atoms with Crippen LogP contribution < -0.4 is 5.32 Å². The molecule has 0 saturated carbocycles. The molecule has 0 spiro atoms. The molecule has 0 bridgehead atoms. The molecule has 1 aromatic heterocycles. The molecule has 1 N–H and O–H groups in total. The number of nitrogens with one attached hydrogen (secondary N) is 1. The smallest absolute Gasteiger partial charge is 0.256 e. The van der Waals surface area contributed by atoms with Gasteiger partial charge in [0, 0.05) is 32.1 Å². The van der Waals surface area contributed by atoms with Gasteiger partial charge in [0.05, 0.1) is 13.2 Å². The van der Waals surface area contributed by atoms with Gasteiger partial charge in [-0.05, 0) is 12.1 Å². The summed E-state index contributed by atoms with van der Waals surface area (Å²) in [5.74, 6) is 0. The van der Waals surface area contributed by atoms with E-state index in [-0.39, 0.29) is 6.54 Å². The van der Waals surface area contributed by atoms with Gasteiger partial charge in [-0.3, -0.25) is 0 Å². The topological polar surface area (TPSA) is 26.2 Å². The highest BCUT2D eigenvalue weighted by Gasteiger charge is 2.06. The minimum absolute atomic E-state index is 0.242. The average molecular weight is 218 g/mol. The summed E-state index contributed by atoms with van der Waals surface area (Å²) in [6.07, 6.45) is -0.644. The van der Waals surface area contributed by atoms with Crippen LogP contribution in [-0.2, 0) is 17.8 Å². The SMILES string of the molecule is COCCNCc1cccn1CC(F)F. The van der Waals surface area contributed by atoms with E-state index < -0.39 is 6.43 Å². The van der Waals surface area contributed by atoms with Crippen molar-refractivity contribution in [3.8, 4) is 0 Å². The molecule has 0 radical (unpaired) electrons. The molecule has 1 heterocycles. The monoisotopic (exact) mass is 218 g/mol. The minimum atomic E-state index is -2.31. The molecule has 0 fully saturated rings. The van der Waals surface area contributed by atoms with Crippen LogP contribution in [0.15, 0.2) is 18.3 Å². The van der Waals surface area contributed by atoms with Crippen molar-refractivity contribution in [1.82, 2.24) is 9.88 Å². The Kier molecular flexibility index (Phi) is 5.28. The van der Waals surface area contributed by atoms with Crippen LogP contribution >= 0.6 is 0 Å². The van der Waals surface area contributed by atoms with Crippen LogP contribution in [0.2, 0.25) is 0 Å². The van der Waals surface area contributed by atoms with Crippen molar-refractivity contribution in [3.63, 3.8) is 0 Å². The Hall–Kier alpha value is -0.940. The Bertz CT molecular complexity index is 276. The van der Waals surface area contributed by atoms with Crippen LogP contribution in [0.1, 0.15) is 5.69 Å². The summed E-state index contributed by atoms with van der Waals surface area (Å²) >= 11 is 0. The van der Waals surface area contributed by atoms with Crippen LogP contribution in [0.5, 0.6) is 0 Å². The molecule has 0 saturated heterocycles. The van der Waals surface area contributed by atoms with Gasteiger partial charge in [-0.1, -0.05) is 0 Å². The molecule has 1 rings (SSSR count). The van der Waals surface area contributed by atoms with Crippen LogP contribution in [0.25, 0.3) is 0 Å². The maximum Gasteiger partial charge on any atom is 0.256 e. The van der Waals surface area contributed by atoms with Crippen LogP contribution in [0.3, 0.4) is 0 Å². The Morgan fingerprint density at radius 1 is 1.53 bits per heavy atom. The maximum absolute atomic E-state index is 12.2. The molecule has 0 atom stereocenters. The summed E-state index contributed by atoms with van der Waals surface area (Å²) in [4.78, 5) is 0. The van der Waals surface area contributed by atoms with Gasteiger partial charge < -0.3 is 14.6 Å². The molecule has 0 unspecified atom stereocenters. The summed E-state index contributed by atoms with van der Waals surface area (Å²) in [6, 6.07) is 3.61. The van der Waals surface area contributed by atoms with Gasteiger partial charge in [0.1, 0.15) is 0 Å². The molecule has 15 heavy (non-hydrogen) atoms. The fraction of sp³-hybridized carbons (Fsp3) is 0.600. The predicted octanol–water partition coefficient (Wildman–Crippen LogP) is 1.49. The molecule has 3 nitrogen and oxygen atoms in total. The zero-order valence-electron chi connectivity index (χ0n) is 8.75. The number of methoxy groups -OCH3 is 1. The second-order valence-corrected chi connectivity index (χ2v) is 3.21. The third-order valence-electron chi connectivity index (χ3n) is 2.05. The maximum atomic E-state index is 12.2. The van der Waals surface area contributed by atoms with Crippen LogP contribution in [0.4, 0.5) is 8.78 Å². The van der Waals surface area contributed by atoms with E-state index in [9.17, 15) is 8.78 Å². The average Bonchev–Trinajstić information content (AvgIpc) is 2.59. The van der Waals surface area contributed by atoms with Crippen molar-refractivity contribution in [2.45, 2.75) is 19.5 Å². The minimum Gasteiger partial charge on any atom is -0.383 e. The quantitative estimate of drug-likeness (QED) is 0.702. The predicted molar refractivity (Wildman–Crippen MR) is 54.0 cm³/mol. The van der Waals surface area contributed by atoms with Gasteiger partial charge in [-0.25, -0.2) is 8.78 Å². The first-order chi connectivity index (χ1) is 7.24. The van der Waals surface area contributed by atoms with E-state index in [1.54, 1.807) is 23.9 Å². The molecular formula is C10H16F2N2O. The van der Waals surface area contributed by atoms with Crippen LogP contribution in [-0.4, -0.2) is 31.3 Å². The molecule has 1 aromatic rings. The zero-order valence-corrected chi connectivity index (χ0v) is 8.75. The Morgan fingerprint density at radius 2 is 2.33 bits per heavy atom. The summed E-state index contributed by atoms with van der Waals surface area (Å²) in [5.41, 5.74) is 0.867. The van der Waals surface area contributed by atoms with Crippen molar-refractivity contribution in [2.24, 2.45) is 0 Å².